The van der Waals surface area contributed by atoms with Gasteiger partial charge in [-0.05, 0) is 37.1 Å². The van der Waals surface area contributed by atoms with Gasteiger partial charge in [-0.3, -0.25) is 9.59 Å². The number of aliphatic hydroxyl groups excluding tert-OH is 1. The summed E-state index contributed by atoms with van der Waals surface area (Å²) < 4.78 is 0. The van der Waals surface area contributed by atoms with Crippen molar-refractivity contribution in [3.8, 4) is 0 Å². The number of hydrogen-bond acceptors (Lipinski definition) is 4. The van der Waals surface area contributed by atoms with E-state index in [0.717, 1.165) is 12.8 Å². The zero-order chi connectivity index (χ0) is 15.2. The van der Waals surface area contributed by atoms with Gasteiger partial charge in [0.1, 0.15) is 6.04 Å². The van der Waals surface area contributed by atoms with Gasteiger partial charge in [0.15, 0.2) is 0 Å². The van der Waals surface area contributed by atoms with E-state index in [-0.39, 0.29) is 24.5 Å². The van der Waals surface area contributed by atoms with E-state index < -0.39 is 6.04 Å². The first-order valence-electron chi connectivity index (χ1n) is 7.43. The van der Waals surface area contributed by atoms with Gasteiger partial charge in [0.2, 0.25) is 5.91 Å². The van der Waals surface area contributed by atoms with Gasteiger partial charge in [0, 0.05) is 6.54 Å². The summed E-state index contributed by atoms with van der Waals surface area (Å²) in [4.78, 5) is 27.3. The van der Waals surface area contributed by atoms with Gasteiger partial charge < -0.3 is 15.3 Å². The average molecular weight is 310 g/mol. The Balaban J connectivity index is 2.08. The average Bonchev–Trinajstić information content (AvgIpc) is 3.06. The van der Waals surface area contributed by atoms with Crippen molar-refractivity contribution in [1.82, 2.24) is 10.2 Å². The lowest BCUT2D eigenvalue weighted by Crippen LogP contribution is -2.54. The van der Waals surface area contributed by atoms with Gasteiger partial charge in [0.25, 0.3) is 5.91 Å². The van der Waals surface area contributed by atoms with Crippen molar-refractivity contribution >= 4 is 23.2 Å². The highest BCUT2D eigenvalue weighted by Gasteiger charge is 2.33. The van der Waals surface area contributed by atoms with Crippen LogP contribution in [-0.4, -0.2) is 47.1 Å². The fourth-order valence-electron chi connectivity index (χ4n) is 2.56. The summed E-state index contributed by atoms with van der Waals surface area (Å²) in [5, 5.41) is 13.9. The molecule has 1 aromatic rings. The van der Waals surface area contributed by atoms with E-state index in [1.54, 1.807) is 11.0 Å². The van der Waals surface area contributed by atoms with Crippen molar-refractivity contribution in [2.75, 3.05) is 13.2 Å². The summed E-state index contributed by atoms with van der Waals surface area (Å²) in [6, 6.07) is 2.97. The van der Waals surface area contributed by atoms with E-state index in [1.807, 2.05) is 18.4 Å². The molecule has 2 amide bonds. The Bertz CT molecular complexity index is 471. The topological polar surface area (TPSA) is 69.6 Å². The lowest BCUT2D eigenvalue weighted by molar-refractivity contribution is -0.127. The minimum Gasteiger partial charge on any atom is -0.394 e. The van der Waals surface area contributed by atoms with Crippen LogP contribution in [0.5, 0.6) is 0 Å². The number of piperidine rings is 1. The maximum Gasteiger partial charge on any atom is 0.264 e. The first-order chi connectivity index (χ1) is 10.2. The largest absolute Gasteiger partial charge is 0.394 e. The van der Waals surface area contributed by atoms with Crippen LogP contribution < -0.4 is 5.32 Å². The molecule has 21 heavy (non-hydrogen) atoms. The SMILES string of the molecule is CC[C@H](CO)NC(=O)[C@H]1CCCCN1C(=O)c1cccs1. The molecule has 116 valence electrons. The molecule has 5 nitrogen and oxygen atoms in total. The number of nitrogens with zero attached hydrogens (tertiary/aromatic N) is 1. The molecule has 0 radical (unpaired) electrons. The fourth-order valence-corrected chi connectivity index (χ4v) is 3.24. The van der Waals surface area contributed by atoms with E-state index in [4.69, 9.17) is 0 Å². The van der Waals surface area contributed by atoms with Crippen LogP contribution in [0.3, 0.4) is 0 Å². The third kappa shape index (κ3) is 3.83. The van der Waals surface area contributed by atoms with Crippen molar-refractivity contribution in [1.29, 1.82) is 0 Å². The highest BCUT2D eigenvalue weighted by molar-refractivity contribution is 7.12. The second-order valence-electron chi connectivity index (χ2n) is 5.28. The van der Waals surface area contributed by atoms with Crippen LogP contribution in [0.15, 0.2) is 17.5 Å². The molecule has 0 spiro atoms. The van der Waals surface area contributed by atoms with Crippen LogP contribution in [0, 0.1) is 0 Å². The standard InChI is InChI=1S/C15H22N2O3S/c1-2-11(10-18)16-14(19)12-6-3-4-8-17(12)15(20)13-7-5-9-21-13/h5,7,9,11-12,18H,2-4,6,8,10H2,1H3,(H,16,19)/t11-,12-/m1/s1. The molecule has 2 atom stereocenters. The number of thiophene rings is 1. The first-order valence-corrected chi connectivity index (χ1v) is 8.31. The molecule has 1 aliphatic heterocycles. The van der Waals surface area contributed by atoms with Crippen molar-refractivity contribution in [3.05, 3.63) is 22.4 Å². The van der Waals surface area contributed by atoms with Crippen LogP contribution in [0.25, 0.3) is 0 Å². The highest BCUT2D eigenvalue weighted by Crippen LogP contribution is 2.22. The Kier molecular flexibility index (Phi) is 5.76. The van der Waals surface area contributed by atoms with E-state index in [2.05, 4.69) is 5.32 Å². The van der Waals surface area contributed by atoms with Crippen molar-refractivity contribution in [2.24, 2.45) is 0 Å². The molecule has 2 rings (SSSR count). The molecule has 1 aliphatic rings. The Morgan fingerprint density at radius 3 is 2.95 bits per heavy atom. The number of amides is 2. The van der Waals surface area contributed by atoms with E-state index in [0.29, 0.717) is 24.3 Å². The van der Waals surface area contributed by atoms with Gasteiger partial charge in [-0.2, -0.15) is 0 Å². The lowest BCUT2D eigenvalue weighted by Gasteiger charge is -2.35. The summed E-state index contributed by atoms with van der Waals surface area (Å²) in [6.45, 7) is 2.45. The Hall–Kier alpha value is -1.40. The van der Waals surface area contributed by atoms with Crippen LogP contribution in [0.1, 0.15) is 42.3 Å². The summed E-state index contributed by atoms with van der Waals surface area (Å²) in [6.07, 6.45) is 3.24. The van der Waals surface area contributed by atoms with Gasteiger partial charge in [-0.1, -0.05) is 13.0 Å². The molecular formula is C15H22N2O3S. The summed E-state index contributed by atoms with van der Waals surface area (Å²) >= 11 is 1.40. The zero-order valence-corrected chi connectivity index (χ0v) is 13.1. The number of rotatable bonds is 5. The highest BCUT2D eigenvalue weighted by atomic mass is 32.1. The summed E-state index contributed by atoms with van der Waals surface area (Å²) in [5.41, 5.74) is 0. The molecule has 6 heteroatoms. The molecule has 0 aromatic carbocycles. The Morgan fingerprint density at radius 1 is 1.52 bits per heavy atom. The number of nitrogens with one attached hydrogen (secondary N) is 1. The normalized spacial score (nSPS) is 20.1. The molecule has 1 saturated heterocycles. The van der Waals surface area contributed by atoms with Crippen molar-refractivity contribution in [3.63, 3.8) is 0 Å². The van der Waals surface area contributed by atoms with Crippen LogP contribution in [0.4, 0.5) is 0 Å². The van der Waals surface area contributed by atoms with E-state index in [9.17, 15) is 14.7 Å². The van der Waals surface area contributed by atoms with Gasteiger partial charge in [-0.25, -0.2) is 0 Å². The number of aliphatic hydroxyl groups is 1. The molecule has 1 aromatic heterocycles. The fraction of sp³-hybridized carbons (Fsp3) is 0.600. The lowest BCUT2D eigenvalue weighted by atomic mass is 10.0. The Labute approximate surface area is 129 Å². The van der Waals surface area contributed by atoms with E-state index >= 15 is 0 Å². The minimum absolute atomic E-state index is 0.0677. The van der Waals surface area contributed by atoms with Gasteiger partial charge in [0.05, 0.1) is 17.5 Å². The maximum absolute atomic E-state index is 12.5. The number of hydrogen-bond donors (Lipinski definition) is 2. The minimum atomic E-state index is -0.422. The monoisotopic (exact) mass is 310 g/mol. The van der Waals surface area contributed by atoms with Crippen LogP contribution in [-0.2, 0) is 4.79 Å². The van der Waals surface area contributed by atoms with Crippen LogP contribution >= 0.6 is 11.3 Å². The third-order valence-electron chi connectivity index (χ3n) is 3.86. The quantitative estimate of drug-likeness (QED) is 0.868. The number of carbonyl (C=O) groups excluding carboxylic acids is 2. The predicted molar refractivity (Wildman–Crippen MR) is 82.3 cm³/mol. The number of likely N-dealkylation sites (tertiary alicyclic amines) is 1. The first kappa shape index (κ1) is 16.0. The predicted octanol–water partition coefficient (Wildman–Crippen LogP) is 1.63. The molecule has 0 aliphatic carbocycles. The molecule has 2 heterocycles. The maximum atomic E-state index is 12.5. The summed E-state index contributed by atoms with van der Waals surface area (Å²) in [7, 11) is 0. The van der Waals surface area contributed by atoms with Crippen LogP contribution in [0.2, 0.25) is 0 Å². The Morgan fingerprint density at radius 2 is 2.33 bits per heavy atom. The van der Waals surface area contributed by atoms with E-state index in [1.165, 1.54) is 11.3 Å². The van der Waals surface area contributed by atoms with Crippen molar-refractivity contribution < 1.29 is 14.7 Å². The molecule has 2 N–H and O–H groups in total. The second-order valence-corrected chi connectivity index (χ2v) is 6.23. The molecule has 0 bridgehead atoms. The molecule has 0 unspecified atom stereocenters. The van der Waals surface area contributed by atoms with Gasteiger partial charge >= 0.3 is 0 Å². The molecular weight excluding hydrogens is 288 g/mol. The second kappa shape index (κ2) is 7.56. The summed E-state index contributed by atoms with van der Waals surface area (Å²) in [5.74, 6) is -0.220. The zero-order valence-electron chi connectivity index (χ0n) is 12.2. The molecule has 1 fully saturated rings. The van der Waals surface area contributed by atoms with Crippen molar-refractivity contribution in [2.45, 2.75) is 44.7 Å². The van der Waals surface area contributed by atoms with Gasteiger partial charge in [-0.15, -0.1) is 11.3 Å². The smallest absolute Gasteiger partial charge is 0.264 e. The molecule has 0 saturated carbocycles. The third-order valence-corrected chi connectivity index (χ3v) is 4.72. The number of carbonyl (C=O) groups is 2.